The van der Waals surface area contributed by atoms with Crippen LogP contribution in [0.5, 0.6) is 0 Å². The summed E-state index contributed by atoms with van der Waals surface area (Å²) in [5.41, 5.74) is 7.26. The largest absolute Gasteiger partial charge is 0.327 e. The van der Waals surface area contributed by atoms with E-state index in [4.69, 9.17) is 5.73 Å². The van der Waals surface area contributed by atoms with Gasteiger partial charge in [0.1, 0.15) is 5.03 Å². The predicted octanol–water partition coefficient (Wildman–Crippen LogP) is 4.28. The number of nitrogens with zero attached hydrogens (tertiary/aromatic N) is 1. The van der Waals surface area contributed by atoms with Crippen molar-refractivity contribution in [2.75, 3.05) is 0 Å². The average molecular weight is 337 g/mol. The maximum atomic E-state index is 6.00. The lowest BCUT2D eigenvalue weighted by molar-refractivity contribution is 0.645. The van der Waals surface area contributed by atoms with Crippen molar-refractivity contribution in [1.29, 1.82) is 0 Å². The first-order chi connectivity index (χ1) is 9.19. The summed E-state index contributed by atoms with van der Waals surface area (Å²) in [6, 6.07) is 12.6. The van der Waals surface area contributed by atoms with E-state index in [2.05, 4.69) is 46.0 Å². The van der Waals surface area contributed by atoms with Crippen molar-refractivity contribution in [2.24, 2.45) is 5.73 Å². The molecule has 0 aliphatic carbocycles. The molecule has 1 aromatic carbocycles. The Morgan fingerprint density at radius 2 is 2.16 bits per heavy atom. The van der Waals surface area contributed by atoms with Gasteiger partial charge in [-0.1, -0.05) is 46.7 Å². The van der Waals surface area contributed by atoms with Crippen molar-refractivity contribution in [3.05, 3.63) is 52.6 Å². The third-order valence-corrected chi connectivity index (χ3v) is 4.57. The van der Waals surface area contributed by atoms with E-state index in [1.807, 2.05) is 24.4 Å². The highest BCUT2D eigenvalue weighted by Crippen LogP contribution is 2.30. The van der Waals surface area contributed by atoms with E-state index in [0.29, 0.717) is 0 Å². The van der Waals surface area contributed by atoms with Crippen molar-refractivity contribution in [3.8, 4) is 0 Å². The quantitative estimate of drug-likeness (QED) is 0.885. The predicted molar refractivity (Wildman–Crippen MR) is 84.5 cm³/mol. The lowest BCUT2D eigenvalue weighted by atomic mass is 10.1. The topological polar surface area (TPSA) is 38.9 Å². The van der Waals surface area contributed by atoms with Gasteiger partial charge in [-0.05, 0) is 42.7 Å². The van der Waals surface area contributed by atoms with Gasteiger partial charge < -0.3 is 5.73 Å². The van der Waals surface area contributed by atoms with Crippen LogP contribution in [-0.4, -0.2) is 11.0 Å². The van der Waals surface area contributed by atoms with E-state index in [1.165, 1.54) is 10.5 Å². The van der Waals surface area contributed by atoms with E-state index < -0.39 is 0 Å². The second-order valence-electron chi connectivity index (χ2n) is 4.40. The molecule has 0 spiro atoms. The lowest BCUT2D eigenvalue weighted by Crippen LogP contribution is -2.21. The standard InChI is InChI=1S/C15H17BrN2S/c1-2-12(17)9-11-6-7-13(10-14(11)16)19-15-5-3-4-8-18-15/h3-8,10,12H,2,9,17H2,1H3. The minimum Gasteiger partial charge on any atom is -0.327 e. The summed E-state index contributed by atoms with van der Waals surface area (Å²) in [4.78, 5) is 5.50. The van der Waals surface area contributed by atoms with Crippen LogP contribution < -0.4 is 5.73 Å². The van der Waals surface area contributed by atoms with Gasteiger partial charge in [-0.3, -0.25) is 0 Å². The molecule has 1 heterocycles. The molecule has 2 N–H and O–H groups in total. The Morgan fingerprint density at radius 3 is 2.79 bits per heavy atom. The fourth-order valence-electron chi connectivity index (χ4n) is 1.71. The molecule has 0 radical (unpaired) electrons. The molecule has 2 rings (SSSR count). The molecule has 0 saturated heterocycles. The molecule has 0 amide bonds. The molecule has 0 aliphatic rings. The maximum absolute atomic E-state index is 6.00. The molecule has 0 bridgehead atoms. The Morgan fingerprint density at radius 1 is 1.32 bits per heavy atom. The van der Waals surface area contributed by atoms with Crippen molar-refractivity contribution >= 4 is 27.7 Å². The molecule has 2 aromatic rings. The summed E-state index contributed by atoms with van der Waals surface area (Å²) in [6.07, 6.45) is 3.72. The third kappa shape index (κ3) is 4.34. The van der Waals surface area contributed by atoms with E-state index in [-0.39, 0.29) is 6.04 Å². The van der Waals surface area contributed by atoms with E-state index in [9.17, 15) is 0 Å². The first-order valence-corrected chi connectivity index (χ1v) is 7.93. The number of aromatic nitrogens is 1. The zero-order valence-corrected chi connectivity index (χ0v) is 13.2. The van der Waals surface area contributed by atoms with Crippen LogP contribution in [-0.2, 0) is 6.42 Å². The Balaban J connectivity index is 2.10. The SMILES string of the molecule is CCC(N)Cc1ccc(Sc2ccccn2)cc1Br. The van der Waals surface area contributed by atoms with Gasteiger partial charge in [0, 0.05) is 21.6 Å². The van der Waals surface area contributed by atoms with Crippen LogP contribution in [0.3, 0.4) is 0 Å². The minimum absolute atomic E-state index is 0.227. The molecule has 0 fully saturated rings. The third-order valence-electron chi connectivity index (χ3n) is 2.89. The molecule has 1 aromatic heterocycles. The minimum atomic E-state index is 0.227. The van der Waals surface area contributed by atoms with Crippen molar-refractivity contribution in [2.45, 2.75) is 35.7 Å². The zero-order chi connectivity index (χ0) is 13.7. The monoisotopic (exact) mass is 336 g/mol. The van der Waals surface area contributed by atoms with Gasteiger partial charge in [0.2, 0.25) is 0 Å². The van der Waals surface area contributed by atoms with Gasteiger partial charge in [-0.2, -0.15) is 0 Å². The van der Waals surface area contributed by atoms with Crippen molar-refractivity contribution in [1.82, 2.24) is 4.98 Å². The number of nitrogens with two attached hydrogens (primary N) is 1. The van der Waals surface area contributed by atoms with Crippen LogP contribution in [0.4, 0.5) is 0 Å². The number of pyridine rings is 1. The fraction of sp³-hybridized carbons (Fsp3) is 0.267. The van der Waals surface area contributed by atoms with Gasteiger partial charge >= 0.3 is 0 Å². The average Bonchev–Trinajstić information content (AvgIpc) is 2.43. The number of rotatable bonds is 5. The first kappa shape index (κ1) is 14.6. The highest BCUT2D eigenvalue weighted by molar-refractivity contribution is 9.10. The molecule has 100 valence electrons. The molecule has 0 aliphatic heterocycles. The molecule has 1 atom stereocenters. The highest BCUT2D eigenvalue weighted by atomic mass is 79.9. The lowest BCUT2D eigenvalue weighted by Gasteiger charge is -2.11. The van der Waals surface area contributed by atoms with Gasteiger partial charge in [0.05, 0.1) is 0 Å². The van der Waals surface area contributed by atoms with Gasteiger partial charge in [0.15, 0.2) is 0 Å². The number of halogens is 1. The molecule has 19 heavy (non-hydrogen) atoms. The maximum Gasteiger partial charge on any atom is 0.101 e. The Hall–Kier alpha value is -0.840. The van der Waals surface area contributed by atoms with Crippen LogP contribution in [0.1, 0.15) is 18.9 Å². The second kappa shape index (κ2) is 7.08. The van der Waals surface area contributed by atoms with Crippen LogP contribution >= 0.6 is 27.7 Å². The van der Waals surface area contributed by atoms with Crippen LogP contribution in [0, 0.1) is 0 Å². The second-order valence-corrected chi connectivity index (χ2v) is 6.34. The van der Waals surface area contributed by atoms with E-state index in [1.54, 1.807) is 11.8 Å². The number of benzene rings is 1. The summed E-state index contributed by atoms with van der Waals surface area (Å²) in [7, 11) is 0. The Bertz CT molecular complexity index is 531. The molecular formula is C15H17BrN2S. The van der Waals surface area contributed by atoms with Gasteiger partial charge in [0.25, 0.3) is 0 Å². The summed E-state index contributed by atoms with van der Waals surface area (Å²) in [6.45, 7) is 2.11. The van der Waals surface area contributed by atoms with Gasteiger partial charge in [-0.25, -0.2) is 4.98 Å². The molecular weight excluding hydrogens is 320 g/mol. The molecule has 1 unspecified atom stereocenters. The number of hydrogen-bond donors (Lipinski definition) is 1. The van der Waals surface area contributed by atoms with Crippen LogP contribution in [0.25, 0.3) is 0 Å². The van der Waals surface area contributed by atoms with E-state index in [0.717, 1.165) is 22.3 Å². The van der Waals surface area contributed by atoms with Crippen LogP contribution in [0.2, 0.25) is 0 Å². The Kier molecular flexibility index (Phi) is 5.43. The number of hydrogen-bond acceptors (Lipinski definition) is 3. The highest BCUT2D eigenvalue weighted by Gasteiger charge is 2.07. The van der Waals surface area contributed by atoms with Gasteiger partial charge in [-0.15, -0.1) is 0 Å². The Labute approximate surface area is 126 Å². The summed E-state index contributed by atoms with van der Waals surface area (Å²) in [5, 5.41) is 1.01. The zero-order valence-electron chi connectivity index (χ0n) is 10.8. The summed E-state index contributed by atoms with van der Waals surface area (Å²) >= 11 is 5.29. The summed E-state index contributed by atoms with van der Waals surface area (Å²) in [5.74, 6) is 0. The first-order valence-electron chi connectivity index (χ1n) is 6.32. The molecule has 4 heteroatoms. The summed E-state index contributed by atoms with van der Waals surface area (Å²) < 4.78 is 1.12. The fourth-order valence-corrected chi connectivity index (χ4v) is 3.22. The van der Waals surface area contributed by atoms with E-state index >= 15 is 0 Å². The smallest absolute Gasteiger partial charge is 0.101 e. The molecule has 2 nitrogen and oxygen atoms in total. The van der Waals surface area contributed by atoms with Crippen molar-refractivity contribution in [3.63, 3.8) is 0 Å². The van der Waals surface area contributed by atoms with Crippen molar-refractivity contribution < 1.29 is 0 Å². The molecule has 0 saturated carbocycles. The normalized spacial score (nSPS) is 12.4. The van der Waals surface area contributed by atoms with Crippen LogP contribution in [0.15, 0.2) is 57.0 Å².